The highest BCUT2D eigenvalue weighted by Gasteiger charge is 2.35. The molecule has 1 aliphatic carbocycles. The number of halogens is 1. The van der Waals surface area contributed by atoms with E-state index in [9.17, 15) is 18.0 Å². The molecule has 0 radical (unpaired) electrons. The molecule has 3 aromatic rings. The van der Waals surface area contributed by atoms with Gasteiger partial charge in [-0.25, -0.2) is 8.42 Å². The first kappa shape index (κ1) is 33.1. The molecule has 11 heteroatoms. The van der Waals surface area contributed by atoms with E-state index in [0.29, 0.717) is 29.5 Å². The number of amides is 2. The Morgan fingerprint density at radius 1 is 1.00 bits per heavy atom. The fourth-order valence-corrected chi connectivity index (χ4v) is 6.99. The lowest BCUT2D eigenvalue weighted by Gasteiger charge is -2.34. The van der Waals surface area contributed by atoms with Crippen LogP contribution in [-0.4, -0.2) is 57.5 Å². The molecular weight excluding hydrogens is 602 g/mol. The normalized spacial score (nSPS) is 14.1. The van der Waals surface area contributed by atoms with Crippen LogP contribution in [-0.2, 0) is 26.2 Å². The van der Waals surface area contributed by atoms with E-state index in [4.69, 9.17) is 21.1 Å². The summed E-state index contributed by atoms with van der Waals surface area (Å²) in [6.07, 6.45) is 4.23. The molecule has 236 valence electrons. The van der Waals surface area contributed by atoms with Crippen LogP contribution < -0.4 is 19.1 Å². The first-order chi connectivity index (χ1) is 21.2. The van der Waals surface area contributed by atoms with E-state index >= 15 is 0 Å². The van der Waals surface area contributed by atoms with Crippen LogP contribution in [0.3, 0.4) is 0 Å². The average molecular weight is 642 g/mol. The molecule has 0 bridgehead atoms. The largest absolute Gasteiger partial charge is 0.497 e. The Kier molecular flexibility index (Phi) is 11.5. The molecular formula is C33H40ClN3O6S. The SMILES string of the molecule is CCOc1ccccc1N(CC(=O)N(Cc1cccc(OC)c1)[C@H](CC)C(=O)NC1CCCC1)S(=O)(=O)c1ccc(Cl)cc1. The molecule has 1 atom stereocenters. The predicted octanol–water partition coefficient (Wildman–Crippen LogP) is 5.81. The van der Waals surface area contributed by atoms with E-state index in [2.05, 4.69) is 5.32 Å². The number of rotatable bonds is 14. The zero-order chi connectivity index (χ0) is 31.7. The molecule has 2 amide bonds. The van der Waals surface area contributed by atoms with Gasteiger partial charge in [-0.2, -0.15) is 0 Å². The minimum Gasteiger partial charge on any atom is -0.497 e. The lowest BCUT2D eigenvalue weighted by atomic mass is 10.1. The number of benzene rings is 3. The van der Waals surface area contributed by atoms with Crippen molar-refractivity contribution in [3.63, 3.8) is 0 Å². The van der Waals surface area contributed by atoms with E-state index in [1.165, 1.54) is 29.2 Å². The van der Waals surface area contributed by atoms with Crippen molar-refractivity contribution >= 4 is 39.1 Å². The maximum atomic E-state index is 14.4. The molecule has 1 N–H and O–H groups in total. The van der Waals surface area contributed by atoms with Gasteiger partial charge in [0.2, 0.25) is 11.8 Å². The minimum absolute atomic E-state index is 0.0358. The van der Waals surface area contributed by atoms with Crippen molar-refractivity contribution in [1.29, 1.82) is 0 Å². The Morgan fingerprint density at radius 2 is 1.70 bits per heavy atom. The van der Waals surface area contributed by atoms with Crippen molar-refractivity contribution in [1.82, 2.24) is 10.2 Å². The summed E-state index contributed by atoms with van der Waals surface area (Å²) in [6, 6.07) is 18.9. The third-order valence-electron chi connectivity index (χ3n) is 7.69. The summed E-state index contributed by atoms with van der Waals surface area (Å²) in [7, 11) is -2.71. The Morgan fingerprint density at radius 3 is 2.36 bits per heavy atom. The van der Waals surface area contributed by atoms with Crippen LogP contribution in [0.15, 0.2) is 77.7 Å². The first-order valence-corrected chi connectivity index (χ1v) is 16.7. The number of methoxy groups -OCH3 is 1. The van der Waals surface area contributed by atoms with Gasteiger partial charge in [-0.1, -0.05) is 55.6 Å². The van der Waals surface area contributed by atoms with Gasteiger partial charge < -0.3 is 19.7 Å². The molecule has 0 aliphatic heterocycles. The van der Waals surface area contributed by atoms with E-state index < -0.39 is 28.5 Å². The van der Waals surface area contributed by atoms with Gasteiger partial charge in [0.25, 0.3) is 10.0 Å². The fraction of sp³-hybridized carbons (Fsp3) is 0.394. The second-order valence-electron chi connectivity index (χ2n) is 10.7. The molecule has 9 nitrogen and oxygen atoms in total. The maximum Gasteiger partial charge on any atom is 0.264 e. The number of carbonyl (C=O) groups excluding carboxylic acids is 2. The minimum atomic E-state index is -4.27. The van der Waals surface area contributed by atoms with Crippen LogP contribution in [0, 0.1) is 0 Å². The lowest BCUT2D eigenvalue weighted by Crippen LogP contribution is -2.53. The van der Waals surface area contributed by atoms with E-state index in [0.717, 1.165) is 35.6 Å². The van der Waals surface area contributed by atoms with Crippen LogP contribution >= 0.6 is 11.6 Å². The summed E-state index contributed by atoms with van der Waals surface area (Å²) in [5, 5.41) is 3.50. The van der Waals surface area contributed by atoms with Crippen molar-refractivity contribution in [3.8, 4) is 11.5 Å². The highest BCUT2D eigenvalue weighted by Crippen LogP contribution is 2.33. The summed E-state index contributed by atoms with van der Waals surface area (Å²) in [5.74, 6) is 0.129. The van der Waals surface area contributed by atoms with E-state index in [-0.39, 0.29) is 29.1 Å². The van der Waals surface area contributed by atoms with E-state index in [1.807, 2.05) is 19.1 Å². The zero-order valence-electron chi connectivity index (χ0n) is 25.4. The Balaban J connectivity index is 1.76. The van der Waals surface area contributed by atoms with Gasteiger partial charge in [0.1, 0.15) is 24.1 Å². The van der Waals surface area contributed by atoms with E-state index in [1.54, 1.807) is 50.4 Å². The highest BCUT2D eigenvalue weighted by atomic mass is 35.5. The van der Waals surface area contributed by atoms with Gasteiger partial charge in [-0.05, 0) is 80.3 Å². The molecule has 0 spiro atoms. The molecule has 1 saturated carbocycles. The van der Waals surface area contributed by atoms with Crippen LogP contribution in [0.4, 0.5) is 5.69 Å². The van der Waals surface area contributed by atoms with Crippen molar-refractivity contribution < 1.29 is 27.5 Å². The molecule has 0 saturated heterocycles. The standard InChI is InChI=1S/C33H40ClN3O6S/c1-4-29(33(39)35-26-12-6-7-13-26)36(22-24-11-10-14-27(21-24)42-3)32(38)23-37(30-15-8-9-16-31(30)43-5-2)44(40,41)28-19-17-25(34)18-20-28/h8-11,14-21,26,29H,4-7,12-13,22-23H2,1-3H3,(H,35,39)/t29-/m1/s1. The molecule has 0 unspecified atom stereocenters. The number of sulfonamides is 1. The summed E-state index contributed by atoms with van der Waals surface area (Å²) in [4.78, 5) is 29.4. The molecule has 0 aromatic heterocycles. The highest BCUT2D eigenvalue weighted by molar-refractivity contribution is 7.92. The molecule has 44 heavy (non-hydrogen) atoms. The number of carbonyl (C=O) groups is 2. The van der Waals surface area contributed by atoms with Crippen molar-refractivity contribution in [2.24, 2.45) is 0 Å². The number of para-hydroxylation sites is 2. The third-order valence-corrected chi connectivity index (χ3v) is 9.71. The van der Waals surface area contributed by atoms with Gasteiger partial charge in [0, 0.05) is 17.6 Å². The van der Waals surface area contributed by atoms with Crippen molar-refractivity contribution in [2.75, 3.05) is 24.6 Å². The number of ether oxygens (including phenoxy) is 2. The maximum absolute atomic E-state index is 14.4. The second kappa shape index (κ2) is 15.3. The quantitative estimate of drug-likeness (QED) is 0.238. The lowest BCUT2D eigenvalue weighted by molar-refractivity contribution is -0.140. The summed E-state index contributed by atoms with van der Waals surface area (Å²) in [5.41, 5.74) is 0.953. The smallest absolute Gasteiger partial charge is 0.264 e. The zero-order valence-corrected chi connectivity index (χ0v) is 26.9. The number of hydrogen-bond donors (Lipinski definition) is 1. The monoisotopic (exact) mass is 641 g/mol. The van der Waals surface area contributed by atoms with Crippen LogP contribution in [0.5, 0.6) is 11.5 Å². The molecule has 1 aliphatic rings. The second-order valence-corrected chi connectivity index (χ2v) is 13.0. The van der Waals surface area contributed by atoms with Gasteiger partial charge in [-0.15, -0.1) is 0 Å². The van der Waals surface area contributed by atoms with Gasteiger partial charge >= 0.3 is 0 Å². The number of anilines is 1. The first-order valence-electron chi connectivity index (χ1n) is 14.9. The predicted molar refractivity (Wildman–Crippen MR) is 172 cm³/mol. The number of nitrogens with zero attached hydrogens (tertiary/aromatic N) is 2. The third kappa shape index (κ3) is 8.04. The number of hydrogen-bond acceptors (Lipinski definition) is 6. The molecule has 3 aromatic carbocycles. The van der Waals surface area contributed by atoms with Crippen molar-refractivity contribution in [2.45, 2.75) is 69.5 Å². The summed E-state index contributed by atoms with van der Waals surface area (Å²) in [6.45, 7) is 3.45. The Labute approximate surface area is 265 Å². The molecule has 0 heterocycles. The summed E-state index contributed by atoms with van der Waals surface area (Å²) >= 11 is 6.05. The molecule has 4 rings (SSSR count). The molecule has 1 fully saturated rings. The van der Waals surface area contributed by atoms with Crippen molar-refractivity contribution in [3.05, 3.63) is 83.4 Å². The van der Waals surface area contributed by atoms with Crippen LogP contribution in [0.2, 0.25) is 5.02 Å². The Hall–Kier alpha value is -3.76. The van der Waals surface area contributed by atoms with Gasteiger partial charge in [-0.3, -0.25) is 13.9 Å². The fourth-order valence-electron chi connectivity index (χ4n) is 5.44. The number of nitrogens with one attached hydrogen (secondary N) is 1. The Bertz CT molecular complexity index is 1530. The van der Waals surface area contributed by atoms with Gasteiger partial charge in [0.05, 0.1) is 24.3 Å². The van der Waals surface area contributed by atoms with Crippen LogP contribution in [0.1, 0.15) is 51.5 Å². The van der Waals surface area contributed by atoms with Gasteiger partial charge in [0.15, 0.2) is 0 Å². The van der Waals surface area contributed by atoms with Crippen LogP contribution in [0.25, 0.3) is 0 Å². The topological polar surface area (TPSA) is 105 Å². The summed E-state index contributed by atoms with van der Waals surface area (Å²) < 4.78 is 40.5. The average Bonchev–Trinajstić information content (AvgIpc) is 3.53.